The van der Waals surface area contributed by atoms with Crippen LogP contribution in [0.1, 0.15) is 80.6 Å². The van der Waals surface area contributed by atoms with E-state index < -0.39 is 12.3 Å². The fraction of sp³-hybridized carbons (Fsp3) is 0.586. The average Bonchev–Trinajstić information content (AvgIpc) is 3.34. The summed E-state index contributed by atoms with van der Waals surface area (Å²) in [4.78, 5) is 32.3. The first-order chi connectivity index (χ1) is 18.8. The second-order valence-electron chi connectivity index (χ2n) is 11.0. The fourth-order valence-corrected chi connectivity index (χ4v) is 6.29. The van der Waals surface area contributed by atoms with Crippen LogP contribution in [0, 0.1) is 18.7 Å². The van der Waals surface area contributed by atoms with Crippen molar-refractivity contribution in [1.82, 2.24) is 19.6 Å². The monoisotopic (exact) mass is 540 g/mol. The van der Waals surface area contributed by atoms with Crippen LogP contribution < -0.4 is 5.56 Å². The van der Waals surface area contributed by atoms with E-state index in [0.717, 1.165) is 68.4 Å². The van der Waals surface area contributed by atoms with Crippen LogP contribution in [0.15, 0.2) is 27.5 Å². The Morgan fingerprint density at radius 3 is 2.74 bits per heavy atom. The van der Waals surface area contributed by atoms with Gasteiger partial charge in [-0.2, -0.15) is 0 Å². The van der Waals surface area contributed by atoms with Crippen LogP contribution in [0.4, 0.5) is 9.18 Å². The molecule has 2 aliphatic heterocycles. The molecule has 0 aliphatic carbocycles. The van der Waals surface area contributed by atoms with Crippen LogP contribution in [0.2, 0.25) is 0 Å². The zero-order valence-corrected chi connectivity index (χ0v) is 22.9. The lowest BCUT2D eigenvalue weighted by Gasteiger charge is -2.34. The Kier molecular flexibility index (Phi) is 8.02. The minimum Gasteiger partial charge on any atom is -0.450 e. The number of hydrogen-bond donors (Lipinski definition) is 1. The number of carbonyl (C=O) groups is 1. The Bertz CT molecular complexity index is 1390. The number of benzene rings is 1. The first-order valence-electron chi connectivity index (χ1n) is 14.0. The zero-order valence-electron chi connectivity index (χ0n) is 22.9. The van der Waals surface area contributed by atoms with Crippen molar-refractivity contribution in [3.63, 3.8) is 0 Å². The van der Waals surface area contributed by atoms with Gasteiger partial charge in [-0.15, -0.1) is 0 Å². The molecule has 1 fully saturated rings. The summed E-state index contributed by atoms with van der Waals surface area (Å²) >= 11 is 0. The van der Waals surface area contributed by atoms with E-state index in [2.05, 4.69) is 10.1 Å². The molecule has 210 valence electrons. The molecule has 5 rings (SSSR count). The predicted molar refractivity (Wildman–Crippen MR) is 144 cm³/mol. The Morgan fingerprint density at radius 2 is 2.03 bits per heavy atom. The van der Waals surface area contributed by atoms with Crippen molar-refractivity contribution in [1.29, 1.82) is 0 Å². The Morgan fingerprint density at radius 1 is 1.26 bits per heavy atom. The molecule has 0 bridgehead atoms. The molecule has 0 saturated carbocycles. The number of rotatable bonds is 8. The molecule has 1 N–H and O–H groups in total. The predicted octanol–water partition coefficient (Wildman–Crippen LogP) is 5.24. The van der Waals surface area contributed by atoms with Gasteiger partial charge in [-0.3, -0.25) is 9.36 Å². The summed E-state index contributed by atoms with van der Waals surface area (Å²) in [6.07, 6.45) is 2.94. The smallest absolute Gasteiger partial charge is 0.450 e. The van der Waals surface area contributed by atoms with Gasteiger partial charge in [0.15, 0.2) is 5.58 Å². The normalized spacial score (nSPS) is 20.1. The van der Waals surface area contributed by atoms with E-state index in [-0.39, 0.29) is 29.1 Å². The van der Waals surface area contributed by atoms with E-state index in [4.69, 9.17) is 14.2 Å². The molecule has 0 amide bonds. The van der Waals surface area contributed by atoms with Gasteiger partial charge < -0.3 is 19.3 Å². The summed E-state index contributed by atoms with van der Waals surface area (Å²) in [7, 11) is 0. The lowest BCUT2D eigenvalue weighted by atomic mass is 9.84. The van der Waals surface area contributed by atoms with Gasteiger partial charge in [-0.25, -0.2) is 14.2 Å². The van der Waals surface area contributed by atoms with E-state index in [1.165, 1.54) is 12.1 Å². The molecule has 2 aliphatic rings. The number of likely N-dealkylation sites (tertiary alicyclic amines) is 1. The summed E-state index contributed by atoms with van der Waals surface area (Å²) in [5.74, 6) is 0.373. The maximum atomic E-state index is 13.6. The second-order valence-corrected chi connectivity index (χ2v) is 11.0. The van der Waals surface area contributed by atoms with Gasteiger partial charge in [0.05, 0.1) is 11.6 Å². The molecule has 4 heterocycles. The molecule has 39 heavy (non-hydrogen) atoms. The van der Waals surface area contributed by atoms with Gasteiger partial charge in [0, 0.05) is 41.7 Å². The number of aryl methyl sites for hydroxylation is 1. The topological polar surface area (TPSA) is 111 Å². The number of hydrogen-bond acceptors (Lipinski definition) is 7. The van der Waals surface area contributed by atoms with E-state index in [1.807, 2.05) is 20.8 Å². The average molecular weight is 541 g/mol. The molecular weight excluding hydrogens is 503 g/mol. The van der Waals surface area contributed by atoms with E-state index in [9.17, 15) is 19.1 Å². The van der Waals surface area contributed by atoms with Gasteiger partial charge in [-0.1, -0.05) is 25.4 Å². The van der Waals surface area contributed by atoms with Gasteiger partial charge in [0.2, 0.25) is 0 Å². The molecule has 9 nitrogen and oxygen atoms in total. The van der Waals surface area contributed by atoms with Crippen molar-refractivity contribution in [3.05, 3.63) is 57.1 Å². The number of aromatic nitrogens is 3. The number of nitrogens with zero attached hydrogens (tertiary/aromatic N) is 4. The van der Waals surface area contributed by atoms with Crippen LogP contribution in [0.5, 0.6) is 0 Å². The number of halogens is 1. The molecule has 3 aromatic rings. The van der Waals surface area contributed by atoms with Crippen LogP contribution in [0.3, 0.4) is 0 Å². The van der Waals surface area contributed by atoms with E-state index in [1.54, 1.807) is 10.6 Å². The highest BCUT2D eigenvalue weighted by molar-refractivity contribution is 5.79. The van der Waals surface area contributed by atoms with E-state index >= 15 is 0 Å². The van der Waals surface area contributed by atoms with Crippen LogP contribution in [-0.2, 0) is 17.7 Å². The standard InChI is InChI=1S/C29H37FN4O5/c1-4-17(2)26(38-29(36)37)23-6-5-12-34-27(23)31-18(3)21(28(34)35)11-15-33-13-9-19(10-14-33)25-22-8-7-20(30)16-24(22)39-32-25/h7-8,16-17,19,23,26H,4-6,9-15H2,1-3H3,(H,36,37). The Labute approximate surface area is 226 Å². The lowest BCUT2D eigenvalue weighted by molar-refractivity contribution is 0.00683. The van der Waals surface area contributed by atoms with Crippen molar-refractivity contribution in [2.75, 3.05) is 19.6 Å². The molecule has 0 radical (unpaired) electrons. The quantitative estimate of drug-likeness (QED) is 0.386. The molecule has 1 saturated heterocycles. The van der Waals surface area contributed by atoms with Crippen molar-refractivity contribution >= 4 is 17.1 Å². The van der Waals surface area contributed by atoms with Gasteiger partial charge in [0.25, 0.3) is 5.56 Å². The molecule has 2 aromatic heterocycles. The molecule has 1 aromatic carbocycles. The molecule has 3 atom stereocenters. The van der Waals surface area contributed by atoms with Gasteiger partial charge >= 0.3 is 6.16 Å². The Hall–Kier alpha value is -3.27. The van der Waals surface area contributed by atoms with Crippen molar-refractivity contribution < 1.29 is 23.6 Å². The minimum absolute atomic E-state index is 0.0170. The third kappa shape index (κ3) is 5.57. The molecule has 3 unspecified atom stereocenters. The summed E-state index contributed by atoms with van der Waals surface area (Å²) in [6.45, 7) is 8.98. The lowest BCUT2D eigenvalue weighted by Crippen LogP contribution is -2.41. The summed E-state index contributed by atoms with van der Waals surface area (Å²) in [6, 6.07) is 4.56. The fourth-order valence-electron chi connectivity index (χ4n) is 6.29. The number of ether oxygens (including phenoxy) is 1. The Balaban J connectivity index is 1.27. The summed E-state index contributed by atoms with van der Waals surface area (Å²) in [5.41, 5.74) is 2.81. The van der Waals surface area contributed by atoms with Gasteiger partial charge in [0.1, 0.15) is 17.7 Å². The van der Waals surface area contributed by atoms with E-state index in [0.29, 0.717) is 30.1 Å². The third-order valence-electron chi connectivity index (χ3n) is 8.68. The molecule has 0 spiro atoms. The number of carboxylic acid groups (broad SMARTS) is 1. The third-order valence-corrected chi connectivity index (χ3v) is 8.68. The molecular formula is C29H37FN4O5. The number of piperidine rings is 1. The highest BCUT2D eigenvalue weighted by Gasteiger charge is 2.36. The largest absolute Gasteiger partial charge is 0.506 e. The van der Waals surface area contributed by atoms with Crippen molar-refractivity contribution in [2.24, 2.45) is 5.92 Å². The maximum Gasteiger partial charge on any atom is 0.506 e. The van der Waals surface area contributed by atoms with Crippen molar-refractivity contribution in [3.8, 4) is 0 Å². The zero-order chi connectivity index (χ0) is 27.7. The van der Waals surface area contributed by atoms with Crippen LogP contribution >= 0.6 is 0 Å². The SMILES string of the molecule is CCC(C)C(OC(=O)O)C1CCCn2c1nc(C)c(CCN1CCC(c3noc4cc(F)ccc34)CC1)c2=O. The minimum atomic E-state index is -1.29. The van der Waals surface area contributed by atoms with Gasteiger partial charge in [-0.05, 0) is 70.2 Å². The van der Waals surface area contributed by atoms with Crippen LogP contribution in [0.25, 0.3) is 11.0 Å². The first-order valence-corrected chi connectivity index (χ1v) is 14.0. The van der Waals surface area contributed by atoms with Crippen molar-refractivity contribution in [2.45, 2.75) is 83.8 Å². The molecule has 10 heteroatoms. The summed E-state index contributed by atoms with van der Waals surface area (Å²) in [5, 5.41) is 14.5. The first kappa shape index (κ1) is 27.3. The maximum absolute atomic E-state index is 13.6. The second kappa shape index (κ2) is 11.5. The number of fused-ring (bicyclic) bond motifs is 2. The highest BCUT2D eigenvalue weighted by Crippen LogP contribution is 2.35. The summed E-state index contributed by atoms with van der Waals surface area (Å²) < 4.78 is 26.0. The van der Waals surface area contributed by atoms with Crippen LogP contribution in [-0.4, -0.2) is 56.6 Å². The highest BCUT2D eigenvalue weighted by atomic mass is 19.1.